The van der Waals surface area contributed by atoms with Gasteiger partial charge in [0.25, 0.3) is 0 Å². The van der Waals surface area contributed by atoms with Crippen molar-refractivity contribution in [3.05, 3.63) is 143 Å². The van der Waals surface area contributed by atoms with Gasteiger partial charge in [0.2, 0.25) is 0 Å². The number of halogens is 2. The molecule has 6 rings (SSSR count). The third-order valence-electron chi connectivity index (χ3n) is 9.39. The van der Waals surface area contributed by atoms with Gasteiger partial charge in [-0.1, -0.05) is 104 Å². The zero-order valence-corrected chi connectivity index (χ0v) is 39.6. The van der Waals surface area contributed by atoms with Gasteiger partial charge in [-0.2, -0.15) is 12.1 Å². The molecule has 0 radical (unpaired) electrons. The first-order valence-corrected chi connectivity index (χ1v) is 25.0. The minimum absolute atomic E-state index is 0. The van der Waals surface area contributed by atoms with Crippen LogP contribution in [0.2, 0.25) is 0 Å². The van der Waals surface area contributed by atoms with Crippen molar-refractivity contribution in [2.75, 3.05) is 0 Å². The molecule has 264 valence electrons. The molecule has 0 bridgehead atoms. The Kier molecular flexibility index (Phi) is 18.6. The number of hydrogen-bond donors (Lipinski definition) is 0. The van der Waals surface area contributed by atoms with Crippen molar-refractivity contribution in [3.63, 3.8) is 0 Å². The minimum atomic E-state index is -0.406. The van der Waals surface area contributed by atoms with E-state index in [9.17, 15) is 0 Å². The molecular weight excluding hydrogens is 919 g/mol. The van der Waals surface area contributed by atoms with Crippen molar-refractivity contribution in [3.8, 4) is 0 Å². The predicted octanol–water partition coefficient (Wildman–Crippen LogP) is 6.08. The summed E-state index contributed by atoms with van der Waals surface area (Å²) in [6.07, 6.45) is 2.26. The van der Waals surface area contributed by atoms with Gasteiger partial charge in [-0.05, 0) is 36.5 Å². The van der Waals surface area contributed by atoms with Crippen molar-refractivity contribution in [2.24, 2.45) is 0 Å². The van der Waals surface area contributed by atoms with Crippen LogP contribution in [0, 0.1) is 0 Å². The van der Waals surface area contributed by atoms with E-state index in [1.807, 2.05) is 0 Å². The molecule has 0 spiro atoms. The SMILES string of the molecule is CCc1cc2c(C(C)C)cc(C(C)C)cc2[cH-]1.CCc1cc2c(C(C)C)cc(C(C)C)cc2[cH-]1.[Br-].[Br-].[Hf+2]=[Si](c1ccccc1)c1ccccc1. The molecule has 0 amide bonds. The first kappa shape index (κ1) is 44.3. The normalized spacial score (nSPS) is 10.9. The first-order valence-electron chi connectivity index (χ1n) is 18.1. The van der Waals surface area contributed by atoms with Crippen molar-refractivity contribution in [1.82, 2.24) is 0 Å². The molecule has 0 atom stereocenters. The molecule has 0 saturated carbocycles. The van der Waals surface area contributed by atoms with Gasteiger partial charge in [-0.15, -0.1) is 56.9 Å². The molecule has 0 aliphatic carbocycles. The van der Waals surface area contributed by atoms with Crippen LogP contribution in [0.15, 0.2) is 109 Å². The van der Waals surface area contributed by atoms with Crippen molar-refractivity contribution >= 4 is 37.4 Å². The molecule has 0 aliphatic heterocycles. The monoisotopic (exact) mass is 974 g/mol. The Bertz CT molecular complexity index is 1770. The summed E-state index contributed by atoms with van der Waals surface area (Å²) >= 11 is 1.27. The summed E-state index contributed by atoms with van der Waals surface area (Å²) < 4.78 is 0. The summed E-state index contributed by atoms with van der Waals surface area (Å²) in [4.78, 5) is 0. The van der Waals surface area contributed by atoms with E-state index in [1.165, 1.54) is 88.3 Å². The molecule has 0 unspecified atom stereocenters. The number of fused-ring (bicyclic) bond motifs is 2. The average molecular weight is 975 g/mol. The van der Waals surface area contributed by atoms with Gasteiger partial charge in [-0.3, -0.25) is 0 Å². The van der Waals surface area contributed by atoms with Crippen LogP contribution >= 0.6 is 0 Å². The van der Waals surface area contributed by atoms with Gasteiger partial charge in [-0.25, -0.2) is 0 Å². The third kappa shape index (κ3) is 11.6. The van der Waals surface area contributed by atoms with Crippen LogP contribution in [0.3, 0.4) is 0 Å². The van der Waals surface area contributed by atoms with Crippen LogP contribution in [0.1, 0.15) is 126 Å². The molecule has 6 aromatic rings. The Labute approximate surface area is 339 Å². The van der Waals surface area contributed by atoms with Crippen LogP contribution in [0.5, 0.6) is 0 Å². The number of benzene rings is 4. The first-order chi connectivity index (χ1) is 22.9. The summed E-state index contributed by atoms with van der Waals surface area (Å²) in [6, 6.07) is 40.7. The maximum absolute atomic E-state index is 2.40. The van der Waals surface area contributed by atoms with E-state index in [0.29, 0.717) is 23.7 Å². The van der Waals surface area contributed by atoms with Crippen molar-refractivity contribution < 1.29 is 57.0 Å². The fraction of sp³-hybridized carbons (Fsp3) is 0.348. The zero-order valence-electron chi connectivity index (χ0n) is 31.9. The van der Waals surface area contributed by atoms with Gasteiger partial charge in [0, 0.05) is 0 Å². The maximum atomic E-state index is 2.40. The summed E-state index contributed by atoms with van der Waals surface area (Å²) in [5, 5.41) is 8.85. The molecule has 0 aliphatic rings. The number of hydrogen-bond acceptors (Lipinski definition) is 0. The Morgan fingerprint density at radius 3 is 1.12 bits per heavy atom. The second-order valence-corrected chi connectivity index (χ2v) is 21.7. The van der Waals surface area contributed by atoms with E-state index < -0.39 is 5.49 Å². The molecule has 0 N–H and O–H groups in total. The summed E-state index contributed by atoms with van der Waals surface area (Å²) in [5.74, 6) is 2.42. The Morgan fingerprint density at radius 1 is 0.500 bits per heavy atom. The molecule has 0 nitrogen and oxygen atoms in total. The summed E-state index contributed by atoms with van der Waals surface area (Å²) in [6.45, 7) is 22.7. The van der Waals surface area contributed by atoms with Crippen molar-refractivity contribution in [1.29, 1.82) is 0 Å². The number of aryl methyl sites for hydroxylation is 2. The van der Waals surface area contributed by atoms with E-state index in [-0.39, 0.29) is 34.0 Å². The molecule has 4 heteroatoms. The molecule has 0 heterocycles. The van der Waals surface area contributed by atoms with E-state index in [2.05, 4.69) is 178 Å². The molecule has 0 aromatic heterocycles. The van der Waals surface area contributed by atoms with Crippen molar-refractivity contribution in [2.45, 2.75) is 106 Å². The standard InChI is InChI=1S/2C17H23.C12H10Si.2BrH.Hf/c2*1-6-13-7-15-9-14(11(2)3)10-16(12(4)5)17(15)8-13;1-3-7-11(8-4-1)13-12-9-5-2-6-10-12;;;/h2*7-12H,6H2,1-5H3;1-10H;2*1H;/q2*-1;;;;+2/p-2. The van der Waals surface area contributed by atoms with E-state index in [1.54, 1.807) is 0 Å². The second-order valence-electron chi connectivity index (χ2n) is 14.4. The van der Waals surface area contributed by atoms with Gasteiger partial charge in [0.05, 0.1) is 0 Å². The Balaban J connectivity index is 0.000000256. The molecular formula is C46H56Br2HfSi-2. The van der Waals surface area contributed by atoms with E-state index >= 15 is 0 Å². The Hall–Kier alpha value is -1.85. The fourth-order valence-corrected chi connectivity index (χ4v) is 11.3. The quantitative estimate of drug-likeness (QED) is 0.128. The topological polar surface area (TPSA) is 0 Å². The van der Waals surface area contributed by atoms with Crippen LogP contribution in [-0.4, -0.2) is 5.49 Å². The third-order valence-corrected chi connectivity index (χ3v) is 17.4. The molecule has 6 aromatic carbocycles. The summed E-state index contributed by atoms with van der Waals surface area (Å²) in [7, 11) is 0. The predicted molar refractivity (Wildman–Crippen MR) is 212 cm³/mol. The molecule has 0 fully saturated rings. The second kappa shape index (κ2) is 21.0. The van der Waals surface area contributed by atoms with Crippen LogP contribution < -0.4 is 44.3 Å². The zero-order chi connectivity index (χ0) is 35.0. The number of rotatable bonds is 8. The average Bonchev–Trinajstić information content (AvgIpc) is 3.72. The van der Waals surface area contributed by atoms with Crippen LogP contribution in [0.4, 0.5) is 0 Å². The van der Waals surface area contributed by atoms with E-state index in [0.717, 1.165) is 12.8 Å². The molecule has 0 saturated heterocycles. The summed E-state index contributed by atoms with van der Waals surface area (Å²) in [5.41, 5.74) is 8.46. The van der Waals surface area contributed by atoms with Crippen LogP contribution in [-0.2, 0) is 35.8 Å². The Morgan fingerprint density at radius 2 is 0.840 bits per heavy atom. The fourth-order valence-electron chi connectivity index (χ4n) is 6.28. The van der Waals surface area contributed by atoms with Gasteiger partial charge < -0.3 is 34.0 Å². The van der Waals surface area contributed by atoms with E-state index in [4.69, 9.17) is 0 Å². The molecule has 50 heavy (non-hydrogen) atoms. The van der Waals surface area contributed by atoms with Crippen LogP contribution in [0.25, 0.3) is 21.5 Å². The van der Waals surface area contributed by atoms with Gasteiger partial charge in [0.15, 0.2) is 0 Å². The van der Waals surface area contributed by atoms with Gasteiger partial charge in [0.1, 0.15) is 0 Å². The van der Waals surface area contributed by atoms with Gasteiger partial charge >= 0.3 is 99.5 Å².